The van der Waals surface area contributed by atoms with Gasteiger partial charge >= 0.3 is 0 Å². The van der Waals surface area contributed by atoms with Crippen molar-refractivity contribution in [2.75, 3.05) is 0 Å². The highest BCUT2D eigenvalue weighted by Gasteiger charge is 2.36. The maximum absolute atomic E-state index is 12.4. The number of nitriles is 1. The van der Waals surface area contributed by atoms with Crippen LogP contribution in [0.15, 0.2) is 48.5 Å². The number of carbonyl (C=O) groups is 1. The van der Waals surface area contributed by atoms with Gasteiger partial charge in [-0.15, -0.1) is 0 Å². The van der Waals surface area contributed by atoms with E-state index in [9.17, 15) is 20.2 Å². The summed E-state index contributed by atoms with van der Waals surface area (Å²) >= 11 is 0. The number of hydrogen-bond acceptors (Lipinski definition) is 4. The highest BCUT2D eigenvalue weighted by molar-refractivity contribution is 6.00. The van der Waals surface area contributed by atoms with Gasteiger partial charge in [-0.3, -0.25) is 14.9 Å². The summed E-state index contributed by atoms with van der Waals surface area (Å²) in [5.41, 5.74) is 1.69. The molecule has 0 fully saturated rings. The maximum Gasteiger partial charge on any atom is 0.270 e. The molecule has 0 aromatic heterocycles. The lowest BCUT2D eigenvalue weighted by molar-refractivity contribution is -0.384. The summed E-state index contributed by atoms with van der Waals surface area (Å²) in [5.74, 6) is -0.845. The lowest BCUT2D eigenvalue weighted by atomic mass is 9.72. The number of benzene rings is 2. The van der Waals surface area contributed by atoms with Gasteiger partial charge in [0, 0.05) is 30.0 Å². The summed E-state index contributed by atoms with van der Waals surface area (Å²) in [5, 5.41) is 20.4. The van der Waals surface area contributed by atoms with Crippen molar-refractivity contribution in [3.05, 3.63) is 75.3 Å². The molecule has 0 saturated heterocycles. The van der Waals surface area contributed by atoms with E-state index in [4.69, 9.17) is 0 Å². The molecule has 0 spiro atoms. The van der Waals surface area contributed by atoms with Crippen molar-refractivity contribution in [2.24, 2.45) is 0 Å². The topological polar surface area (TPSA) is 84.0 Å². The lowest BCUT2D eigenvalue weighted by Gasteiger charge is -2.28. The Bertz CT molecular complexity index is 793. The lowest BCUT2D eigenvalue weighted by Crippen LogP contribution is -2.23. The highest BCUT2D eigenvalue weighted by atomic mass is 16.6. The largest absolute Gasteiger partial charge is 0.294 e. The number of Topliss-reactive ketones (excluding diaryl/α,β-unsaturated/α-hetero) is 1. The molecular weight excluding hydrogens is 280 g/mol. The van der Waals surface area contributed by atoms with Crippen LogP contribution in [-0.2, 0) is 0 Å². The second-order valence-corrected chi connectivity index (χ2v) is 5.28. The maximum atomic E-state index is 12.4. The average molecular weight is 292 g/mol. The summed E-state index contributed by atoms with van der Waals surface area (Å²) < 4.78 is 0. The van der Waals surface area contributed by atoms with Gasteiger partial charge in [-0.05, 0) is 11.1 Å². The summed E-state index contributed by atoms with van der Waals surface area (Å²) in [6.45, 7) is 0. The summed E-state index contributed by atoms with van der Waals surface area (Å²) in [6, 6.07) is 15.9. The Balaban J connectivity index is 2.10. The standard InChI is InChI=1S/C17H12N2O3/c18-10-16-13-7-6-12(19(21)22)8-15(13)17(20)9-14(16)11-4-2-1-3-5-11/h1-8,14,16H,9H2. The first-order chi connectivity index (χ1) is 10.6. The number of carbonyl (C=O) groups excluding carboxylic acids is 1. The van der Waals surface area contributed by atoms with Crippen LogP contribution in [0.25, 0.3) is 0 Å². The first-order valence-corrected chi connectivity index (χ1v) is 6.88. The quantitative estimate of drug-likeness (QED) is 0.625. The van der Waals surface area contributed by atoms with E-state index in [1.807, 2.05) is 30.3 Å². The molecule has 2 aromatic carbocycles. The Morgan fingerprint density at radius 3 is 2.55 bits per heavy atom. The van der Waals surface area contributed by atoms with Crippen molar-refractivity contribution in [1.29, 1.82) is 5.26 Å². The number of nitro groups is 1. The fourth-order valence-corrected chi connectivity index (χ4v) is 2.98. The summed E-state index contributed by atoms with van der Waals surface area (Å²) in [6.07, 6.45) is 0.191. The van der Waals surface area contributed by atoms with Crippen LogP contribution < -0.4 is 0 Å². The molecule has 22 heavy (non-hydrogen) atoms. The molecule has 0 heterocycles. The number of hydrogen-bond donors (Lipinski definition) is 0. The minimum atomic E-state index is -0.530. The Labute approximate surface area is 127 Å². The summed E-state index contributed by atoms with van der Waals surface area (Å²) in [7, 11) is 0. The summed E-state index contributed by atoms with van der Waals surface area (Å²) in [4.78, 5) is 22.7. The molecule has 2 aromatic rings. The fraction of sp³-hybridized carbons (Fsp3) is 0.176. The van der Waals surface area contributed by atoms with Gasteiger partial charge in [0.1, 0.15) is 0 Å². The molecule has 0 aliphatic heterocycles. The molecule has 2 atom stereocenters. The molecule has 0 bridgehead atoms. The molecule has 1 aliphatic carbocycles. The monoisotopic (exact) mass is 292 g/mol. The zero-order valence-corrected chi connectivity index (χ0v) is 11.6. The number of non-ortho nitro benzene ring substituents is 1. The van der Waals surface area contributed by atoms with E-state index in [0.29, 0.717) is 11.1 Å². The number of rotatable bonds is 2. The number of ketones is 1. The van der Waals surface area contributed by atoms with E-state index >= 15 is 0 Å². The Kier molecular flexibility index (Phi) is 3.43. The van der Waals surface area contributed by atoms with Crippen molar-refractivity contribution in [3.8, 4) is 6.07 Å². The first-order valence-electron chi connectivity index (χ1n) is 6.88. The van der Waals surface area contributed by atoms with Crippen LogP contribution in [0.4, 0.5) is 5.69 Å². The predicted octanol–water partition coefficient (Wildman–Crippen LogP) is 3.57. The predicted molar refractivity (Wildman–Crippen MR) is 79.6 cm³/mol. The molecular formula is C17H12N2O3. The highest BCUT2D eigenvalue weighted by Crippen LogP contribution is 2.42. The molecule has 0 N–H and O–H groups in total. The van der Waals surface area contributed by atoms with Gasteiger partial charge in [-0.25, -0.2) is 0 Å². The minimum absolute atomic E-state index is 0.123. The zero-order chi connectivity index (χ0) is 15.7. The van der Waals surface area contributed by atoms with E-state index in [1.54, 1.807) is 0 Å². The third kappa shape index (κ3) is 2.25. The van der Waals surface area contributed by atoms with E-state index in [-0.39, 0.29) is 23.8 Å². The van der Waals surface area contributed by atoms with E-state index in [2.05, 4.69) is 6.07 Å². The van der Waals surface area contributed by atoms with Crippen molar-refractivity contribution in [3.63, 3.8) is 0 Å². The van der Waals surface area contributed by atoms with Crippen molar-refractivity contribution in [2.45, 2.75) is 18.3 Å². The molecule has 3 rings (SSSR count). The zero-order valence-electron chi connectivity index (χ0n) is 11.6. The van der Waals surface area contributed by atoms with E-state index in [1.165, 1.54) is 18.2 Å². The molecule has 5 heteroatoms. The van der Waals surface area contributed by atoms with Crippen LogP contribution in [0.2, 0.25) is 0 Å². The molecule has 0 amide bonds. The van der Waals surface area contributed by atoms with Gasteiger partial charge in [0.25, 0.3) is 5.69 Å². The van der Waals surface area contributed by atoms with Crippen LogP contribution in [0.1, 0.15) is 39.7 Å². The van der Waals surface area contributed by atoms with Gasteiger partial charge in [0.05, 0.1) is 16.9 Å². The fourth-order valence-electron chi connectivity index (χ4n) is 2.98. The Hall–Kier alpha value is -3.00. The minimum Gasteiger partial charge on any atom is -0.294 e. The first kappa shape index (κ1) is 14.0. The van der Waals surface area contributed by atoms with Crippen molar-refractivity contribution in [1.82, 2.24) is 0 Å². The van der Waals surface area contributed by atoms with E-state index in [0.717, 1.165) is 5.56 Å². The van der Waals surface area contributed by atoms with Gasteiger partial charge in [-0.2, -0.15) is 5.26 Å². The third-order valence-corrected chi connectivity index (χ3v) is 4.06. The van der Waals surface area contributed by atoms with Crippen LogP contribution in [0.3, 0.4) is 0 Å². The van der Waals surface area contributed by atoms with Gasteiger partial charge < -0.3 is 0 Å². The van der Waals surface area contributed by atoms with Crippen LogP contribution >= 0.6 is 0 Å². The Morgan fingerprint density at radius 1 is 1.18 bits per heavy atom. The Morgan fingerprint density at radius 2 is 1.91 bits per heavy atom. The molecule has 0 saturated carbocycles. The average Bonchev–Trinajstić information content (AvgIpc) is 2.55. The number of nitrogens with zero attached hydrogens (tertiary/aromatic N) is 2. The number of nitro benzene ring substituents is 1. The van der Waals surface area contributed by atoms with Gasteiger partial charge in [-0.1, -0.05) is 36.4 Å². The van der Waals surface area contributed by atoms with Crippen LogP contribution in [0.5, 0.6) is 0 Å². The molecule has 2 unspecified atom stereocenters. The van der Waals surface area contributed by atoms with Gasteiger partial charge in [0.15, 0.2) is 5.78 Å². The molecule has 5 nitrogen and oxygen atoms in total. The molecule has 108 valence electrons. The van der Waals surface area contributed by atoms with E-state index < -0.39 is 10.8 Å². The van der Waals surface area contributed by atoms with Crippen LogP contribution in [-0.4, -0.2) is 10.7 Å². The van der Waals surface area contributed by atoms with Crippen LogP contribution in [0, 0.1) is 21.4 Å². The smallest absolute Gasteiger partial charge is 0.270 e. The third-order valence-electron chi connectivity index (χ3n) is 4.06. The number of fused-ring (bicyclic) bond motifs is 1. The van der Waals surface area contributed by atoms with Crippen molar-refractivity contribution >= 4 is 11.5 Å². The second kappa shape index (κ2) is 5.41. The van der Waals surface area contributed by atoms with Crippen molar-refractivity contribution < 1.29 is 9.72 Å². The second-order valence-electron chi connectivity index (χ2n) is 5.28. The molecule has 0 radical (unpaired) electrons. The van der Waals surface area contributed by atoms with Gasteiger partial charge in [0.2, 0.25) is 0 Å². The molecule has 1 aliphatic rings. The SMILES string of the molecule is N#CC1c2ccc([N+](=O)[O-])cc2C(=O)CC1c1ccccc1. The normalized spacial score (nSPS) is 20.0.